The summed E-state index contributed by atoms with van der Waals surface area (Å²) >= 11 is 1.75. The van der Waals surface area contributed by atoms with E-state index in [0.29, 0.717) is 29.9 Å². The molecule has 1 atom stereocenters. The van der Waals surface area contributed by atoms with E-state index in [1.807, 2.05) is 12.1 Å². The Morgan fingerprint density at radius 2 is 2.04 bits per heavy atom. The number of thiophene rings is 1. The Bertz CT molecular complexity index is 786. The van der Waals surface area contributed by atoms with Gasteiger partial charge < -0.3 is 10.6 Å². The molecule has 0 spiro atoms. The van der Waals surface area contributed by atoms with Crippen molar-refractivity contribution in [2.24, 2.45) is 0 Å². The molecule has 1 aliphatic heterocycles. The van der Waals surface area contributed by atoms with E-state index < -0.39 is 0 Å². The minimum atomic E-state index is -0.0686. The number of nitrogens with one attached hydrogen (secondary N) is 2. The first-order chi connectivity index (χ1) is 12.7. The van der Waals surface area contributed by atoms with Gasteiger partial charge in [0.15, 0.2) is 0 Å². The lowest BCUT2D eigenvalue weighted by Gasteiger charge is -2.22. The van der Waals surface area contributed by atoms with Crippen molar-refractivity contribution in [1.29, 1.82) is 0 Å². The molecule has 4 rings (SSSR count). The average molecular weight is 369 g/mol. The Hall–Kier alpha value is -2.18. The van der Waals surface area contributed by atoms with Crippen LogP contribution in [0.5, 0.6) is 0 Å². The van der Waals surface area contributed by atoms with E-state index in [4.69, 9.17) is 0 Å². The maximum absolute atomic E-state index is 12.5. The molecular formula is C20H23N3O2S. The average Bonchev–Trinajstić information content (AvgIpc) is 3.09. The van der Waals surface area contributed by atoms with Gasteiger partial charge in [0.05, 0.1) is 6.54 Å². The van der Waals surface area contributed by atoms with Crippen molar-refractivity contribution in [1.82, 2.24) is 10.2 Å². The number of hydrogen-bond acceptors (Lipinski definition) is 4. The van der Waals surface area contributed by atoms with Gasteiger partial charge in [0.25, 0.3) is 5.91 Å². The van der Waals surface area contributed by atoms with Crippen LogP contribution in [0.4, 0.5) is 5.69 Å². The number of rotatable bonds is 6. The number of carbonyl (C=O) groups excluding carboxylic acids is 2. The van der Waals surface area contributed by atoms with Gasteiger partial charge in [0, 0.05) is 28.2 Å². The predicted molar refractivity (Wildman–Crippen MR) is 103 cm³/mol. The van der Waals surface area contributed by atoms with E-state index in [0.717, 1.165) is 32.2 Å². The van der Waals surface area contributed by atoms with Crippen LogP contribution >= 0.6 is 11.3 Å². The molecule has 6 heteroatoms. The normalized spacial score (nSPS) is 20.1. The zero-order valence-electron chi connectivity index (χ0n) is 14.6. The minimum Gasteiger partial charge on any atom is -0.349 e. The van der Waals surface area contributed by atoms with Crippen molar-refractivity contribution in [3.63, 3.8) is 0 Å². The first-order valence-corrected chi connectivity index (χ1v) is 10.1. The van der Waals surface area contributed by atoms with Crippen molar-refractivity contribution in [3.05, 3.63) is 52.2 Å². The summed E-state index contributed by atoms with van der Waals surface area (Å²) in [5.41, 5.74) is 1.26. The molecule has 0 radical (unpaired) electrons. The molecule has 2 amide bonds. The third-order valence-electron chi connectivity index (χ3n) is 4.90. The minimum absolute atomic E-state index is 0.0341. The maximum atomic E-state index is 12.5. The van der Waals surface area contributed by atoms with Gasteiger partial charge in [-0.15, -0.1) is 11.3 Å². The largest absolute Gasteiger partial charge is 0.349 e. The van der Waals surface area contributed by atoms with Crippen molar-refractivity contribution in [2.45, 2.75) is 37.8 Å². The molecule has 1 unspecified atom stereocenters. The number of anilines is 1. The van der Waals surface area contributed by atoms with Gasteiger partial charge in [-0.1, -0.05) is 12.1 Å². The van der Waals surface area contributed by atoms with Crippen LogP contribution in [0.3, 0.4) is 0 Å². The first-order valence-electron chi connectivity index (χ1n) is 9.17. The number of nitrogens with zero attached hydrogens (tertiary/aromatic N) is 1. The molecule has 2 heterocycles. The Morgan fingerprint density at radius 1 is 1.15 bits per heavy atom. The predicted octanol–water partition coefficient (Wildman–Crippen LogP) is 3.42. The van der Waals surface area contributed by atoms with Crippen LogP contribution in [-0.4, -0.2) is 35.8 Å². The van der Waals surface area contributed by atoms with Crippen LogP contribution in [-0.2, 0) is 4.79 Å². The monoisotopic (exact) mass is 369 g/mol. The zero-order valence-corrected chi connectivity index (χ0v) is 15.4. The molecule has 1 saturated carbocycles. The topological polar surface area (TPSA) is 61.4 Å². The summed E-state index contributed by atoms with van der Waals surface area (Å²) in [7, 11) is 0. The fourth-order valence-electron chi connectivity index (χ4n) is 3.44. The van der Waals surface area contributed by atoms with Crippen LogP contribution < -0.4 is 10.6 Å². The highest BCUT2D eigenvalue weighted by atomic mass is 32.1. The lowest BCUT2D eigenvalue weighted by Crippen LogP contribution is -2.32. The van der Waals surface area contributed by atoms with Crippen LogP contribution in [0.15, 0.2) is 41.8 Å². The highest BCUT2D eigenvalue weighted by Gasteiger charge is 2.28. The van der Waals surface area contributed by atoms with Crippen LogP contribution in [0.25, 0.3) is 0 Å². The lowest BCUT2D eigenvalue weighted by molar-refractivity contribution is -0.117. The smallest absolute Gasteiger partial charge is 0.251 e. The van der Waals surface area contributed by atoms with Crippen molar-refractivity contribution in [3.8, 4) is 0 Å². The molecule has 1 aliphatic carbocycles. The van der Waals surface area contributed by atoms with Crippen molar-refractivity contribution in [2.75, 3.05) is 18.4 Å². The Balaban J connectivity index is 1.36. The molecule has 2 aliphatic rings. The zero-order chi connectivity index (χ0) is 17.9. The number of amides is 2. The summed E-state index contributed by atoms with van der Waals surface area (Å²) in [5, 5.41) is 8.00. The summed E-state index contributed by atoms with van der Waals surface area (Å²) in [4.78, 5) is 28.2. The van der Waals surface area contributed by atoms with E-state index in [9.17, 15) is 9.59 Å². The van der Waals surface area contributed by atoms with Gasteiger partial charge in [-0.25, -0.2) is 0 Å². The lowest BCUT2D eigenvalue weighted by atomic mass is 10.2. The van der Waals surface area contributed by atoms with E-state index in [2.05, 4.69) is 33.0 Å². The molecule has 26 heavy (non-hydrogen) atoms. The molecule has 2 N–H and O–H groups in total. The quantitative estimate of drug-likeness (QED) is 0.820. The summed E-state index contributed by atoms with van der Waals surface area (Å²) in [6, 6.07) is 12.0. The van der Waals surface area contributed by atoms with Gasteiger partial charge >= 0.3 is 0 Å². The second kappa shape index (κ2) is 7.60. The molecule has 1 aromatic carbocycles. The van der Waals surface area contributed by atoms with E-state index >= 15 is 0 Å². The Kier molecular flexibility index (Phi) is 5.04. The van der Waals surface area contributed by atoms with Gasteiger partial charge in [-0.3, -0.25) is 14.5 Å². The van der Waals surface area contributed by atoms with E-state index in [-0.39, 0.29) is 11.8 Å². The molecule has 5 nitrogen and oxygen atoms in total. The second-order valence-corrected chi connectivity index (χ2v) is 8.00. The fraction of sp³-hybridized carbons (Fsp3) is 0.400. The maximum Gasteiger partial charge on any atom is 0.251 e. The molecule has 136 valence electrons. The molecule has 2 aromatic rings. The van der Waals surface area contributed by atoms with E-state index in [1.165, 1.54) is 4.88 Å². The Morgan fingerprint density at radius 3 is 2.81 bits per heavy atom. The van der Waals surface area contributed by atoms with Gasteiger partial charge in [0.1, 0.15) is 0 Å². The first kappa shape index (κ1) is 17.2. The third kappa shape index (κ3) is 4.14. The van der Waals surface area contributed by atoms with Crippen LogP contribution in [0.2, 0.25) is 0 Å². The Labute approximate surface area is 157 Å². The summed E-state index contributed by atoms with van der Waals surface area (Å²) in [6.45, 7) is 1.32. The number of likely N-dealkylation sites (tertiary alicyclic amines) is 1. The second-order valence-electron chi connectivity index (χ2n) is 7.02. The number of carbonyl (C=O) groups is 2. The van der Waals surface area contributed by atoms with E-state index in [1.54, 1.807) is 23.5 Å². The molecule has 1 saturated heterocycles. The molecule has 2 fully saturated rings. The summed E-state index contributed by atoms with van der Waals surface area (Å²) in [5.74, 6) is -0.103. The molecular weight excluding hydrogens is 346 g/mol. The fourth-order valence-corrected chi connectivity index (χ4v) is 4.33. The molecule has 0 bridgehead atoms. The van der Waals surface area contributed by atoms with Crippen LogP contribution in [0, 0.1) is 0 Å². The summed E-state index contributed by atoms with van der Waals surface area (Å²) < 4.78 is 0. The van der Waals surface area contributed by atoms with Gasteiger partial charge in [-0.2, -0.15) is 0 Å². The summed E-state index contributed by atoms with van der Waals surface area (Å²) in [6.07, 6.45) is 4.34. The molecule has 1 aromatic heterocycles. The number of hydrogen-bond donors (Lipinski definition) is 2. The SMILES string of the molecule is O=C(CN1CCCC1c1cccs1)Nc1cccc(C(=O)NC2CC2)c1. The van der Waals surface area contributed by atoms with Gasteiger partial charge in [-0.05, 0) is 61.9 Å². The highest BCUT2D eigenvalue weighted by molar-refractivity contribution is 7.10. The van der Waals surface area contributed by atoms with Crippen molar-refractivity contribution < 1.29 is 9.59 Å². The van der Waals surface area contributed by atoms with Crippen molar-refractivity contribution >= 4 is 28.8 Å². The van der Waals surface area contributed by atoms with Crippen LogP contribution in [0.1, 0.15) is 47.0 Å². The third-order valence-corrected chi connectivity index (χ3v) is 5.88. The highest BCUT2D eigenvalue weighted by Crippen LogP contribution is 2.34. The standard InChI is InChI=1S/C20H23N3O2S/c24-19(13-23-10-2-6-17(23)18-7-3-11-26-18)21-16-5-1-4-14(12-16)20(25)22-15-8-9-15/h1,3-5,7,11-12,15,17H,2,6,8-10,13H2,(H,21,24)(H,22,25). The van der Waals surface area contributed by atoms with Gasteiger partial charge in [0.2, 0.25) is 5.91 Å². The number of benzene rings is 1.